The van der Waals surface area contributed by atoms with Crippen LogP contribution < -0.4 is 0 Å². The Bertz CT molecular complexity index is 656. The van der Waals surface area contributed by atoms with Crippen LogP contribution in [0.3, 0.4) is 0 Å². The van der Waals surface area contributed by atoms with Gasteiger partial charge in [-0.3, -0.25) is 0 Å². The summed E-state index contributed by atoms with van der Waals surface area (Å²) in [7, 11) is 0. The Morgan fingerprint density at radius 2 is 1.08 bits per heavy atom. The maximum atomic E-state index is 9.94. The first-order valence-corrected chi connectivity index (χ1v) is 9.13. The van der Waals surface area contributed by atoms with E-state index in [2.05, 4.69) is 24.3 Å². The van der Waals surface area contributed by atoms with E-state index in [0.717, 1.165) is 24.0 Å². The zero-order valence-electron chi connectivity index (χ0n) is 14.8. The van der Waals surface area contributed by atoms with Gasteiger partial charge in [-0.2, -0.15) is 0 Å². The van der Waals surface area contributed by atoms with E-state index in [9.17, 15) is 10.2 Å². The summed E-state index contributed by atoms with van der Waals surface area (Å²) in [6.45, 7) is 3.94. The Hall–Kier alpha value is -1.96. The topological polar surface area (TPSA) is 40.5 Å². The Balaban J connectivity index is 2.14. The molecule has 0 aliphatic heterocycles. The highest BCUT2D eigenvalue weighted by molar-refractivity contribution is 5.47. The highest BCUT2D eigenvalue weighted by Gasteiger charge is 2.34. The van der Waals surface area contributed by atoms with Crippen LogP contribution in [0.5, 0.6) is 11.5 Å². The Morgan fingerprint density at radius 3 is 1.50 bits per heavy atom. The molecule has 0 unspecified atom stereocenters. The molecule has 24 heavy (non-hydrogen) atoms. The molecular weight excluding hydrogens is 296 g/mol. The Labute approximate surface area is 145 Å². The minimum absolute atomic E-state index is 0.0165. The third-order valence-electron chi connectivity index (χ3n) is 5.71. The second-order valence-electron chi connectivity index (χ2n) is 7.35. The van der Waals surface area contributed by atoms with Crippen LogP contribution in [0.4, 0.5) is 0 Å². The van der Waals surface area contributed by atoms with Gasteiger partial charge in [0.15, 0.2) is 0 Å². The molecule has 1 aliphatic rings. The quantitative estimate of drug-likeness (QED) is 0.739. The zero-order chi connectivity index (χ0) is 17.2. The van der Waals surface area contributed by atoms with Gasteiger partial charge in [0.05, 0.1) is 0 Å². The van der Waals surface area contributed by atoms with Crippen molar-refractivity contribution < 1.29 is 10.2 Å². The van der Waals surface area contributed by atoms with Crippen LogP contribution in [0.2, 0.25) is 0 Å². The number of benzene rings is 2. The Kier molecular flexibility index (Phi) is 4.84. The van der Waals surface area contributed by atoms with E-state index in [1.165, 1.54) is 43.2 Å². The lowest BCUT2D eigenvalue weighted by Crippen LogP contribution is -2.29. The second-order valence-corrected chi connectivity index (χ2v) is 7.35. The molecule has 2 aromatic rings. The molecule has 1 aliphatic carbocycles. The van der Waals surface area contributed by atoms with Crippen molar-refractivity contribution >= 4 is 0 Å². The summed E-state index contributed by atoms with van der Waals surface area (Å²) in [5.74, 6) is 0.725. The molecule has 2 aromatic carbocycles. The summed E-state index contributed by atoms with van der Waals surface area (Å²) in [5.41, 5.74) is 4.44. The van der Waals surface area contributed by atoms with Crippen molar-refractivity contribution in [2.75, 3.05) is 0 Å². The highest BCUT2D eigenvalue weighted by Crippen LogP contribution is 2.45. The molecule has 3 rings (SSSR count). The van der Waals surface area contributed by atoms with Crippen molar-refractivity contribution in [2.45, 2.75) is 64.2 Å². The molecule has 0 aromatic heterocycles. The normalized spacial score (nSPS) is 17.9. The van der Waals surface area contributed by atoms with Crippen molar-refractivity contribution in [1.82, 2.24) is 0 Å². The largest absolute Gasteiger partial charge is 0.508 e. The number of phenols is 2. The van der Waals surface area contributed by atoms with Crippen LogP contribution in [0.25, 0.3) is 0 Å². The van der Waals surface area contributed by atoms with Gasteiger partial charge in [-0.25, -0.2) is 0 Å². The number of aromatic hydroxyl groups is 2. The van der Waals surface area contributed by atoms with Crippen molar-refractivity contribution in [3.8, 4) is 11.5 Å². The smallest absolute Gasteiger partial charge is 0.118 e. The zero-order valence-corrected chi connectivity index (χ0v) is 14.8. The predicted octanol–water partition coefficient (Wildman–Crippen LogP) is 5.75. The molecule has 0 atom stereocenters. The standard InChI is InChI=1S/C22H28O2/c1-16-14-18(8-10-20(16)23)22(12-6-4-3-5-7-13-22)19-9-11-21(24)17(2)15-19/h8-11,14-15,23-24H,3-7,12-13H2,1-2H3. The van der Waals surface area contributed by atoms with Gasteiger partial charge in [0.2, 0.25) is 0 Å². The van der Waals surface area contributed by atoms with E-state index in [4.69, 9.17) is 0 Å². The first-order valence-electron chi connectivity index (χ1n) is 9.13. The minimum atomic E-state index is -0.0165. The number of hydrogen-bond acceptors (Lipinski definition) is 2. The van der Waals surface area contributed by atoms with Gasteiger partial charge < -0.3 is 10.2 Å². The average molecular weight is 324 g/mol. The molecule has 2 heteroatoms. The molecule has 1 saturated carbocycles. The maximum absolute atomic E-state index is 9.94. The molecular formula is C22H28O2. The summed E-state index contributed by atoms with van der Waals surface area (Å²) in [6.07, 6.45) is 8.60. The molecule has 128 valence electrons. The van der Waals surface area contributed by atoms with Gasteiger partial charge in [-0.05, 0) is 61.1 Å². The van der Waals surface area contributed by atoms with Crippen LogP contribution in [0.15, 0.2) is 36.4 Å². The van der Waals surface area contributed by atoms with Gasteiger partial charge in [0.1, 0.15) is 11.5 Å². The third kappa shape index (κ3) is 3.15. The number of hydrogen-bond donors (Lipinski definition) is 2. The molecule has 2 N–H and O–H groups in total. The van der Waals surface area contributed by atoms with Gasteiger partial charge in [-0.1, -0.05) is 56.4 Å². The van der Waals surface area contributed by atoms with Crippen LogP contribution in [-0.4, -0.2) is 10.2 Å². The van der Waals surface area contributed by atoms with Crippen molar-refractivity contribution in [3.05, 3.63) is 58.7 Å². The lowest BCUT2D eigenvalue weighted by Gasteiger charge is -2.37. The summed E-state index contributed by atoms with van der Waals surface area (Å²) in [4.78, 5) is 0. The fourth-order valence-corrected chi connectivity index (χ4v) is 4.16. The monoisotopic (exact) mass is 324 g/mol. The van der Waals surface area contributed by atoms with Crippen molar-refractivity contribution in [3.63, 3.8) is 0 Å². The lowest BCUT2D eigenvalue weighted by molar-refractivity contribution is 0.365. The number of rotatable bonds is 2. The van der Waals surface area contributed by atoms with Crippen molar-refractivity contribution in [2.24, 2.45) is 0 Å². The van der Waals surface area contributed by atoms with E-state index in [1.54, 1.807) is 0 Å². The van der Waals surface area contributed by atoms with E-state index >= 15 is 0 Å². The summed E-state index contributed by atoms with van der Waals surface area (Å²) >= 11 is 0. The fourth-order valence-electron chi connectivity index (χ4n) is 4.16. The first-order chi connectivity index (χ1) is 11.5. The summed E-state index contributed by atoms with van der Waals surface area (Å²) in [6, 6.07) is 12.1. The number of phenolic OH excluding ortho intramolecular Hbond substituents is 2. The van der Waals surface area contributed by atoms with Gasteiger partial charge in [0.25, 0.3) is 0 Å². The summed E-state index contributed by atoms with van der Waals surface area (Å²) < 4.78 is 0. The predicted molar refractivity (Wildman–Crippen MR) is 98.8 cm³/mol. The highest BCUT2D eigenvalue weighted by atomic mass is 16.3. The SMILES string of the molecule is Cc1cc(C2(c3ccc(O)c(C)c3)CCCCCCC2)ccc1O. The van der Waals surface area contributed by atoms with Crippen molar-refractivity contribution in [1.29, 1.82) is 0 Å². The molecule has 0 bridgehead atoms. The number of aryl methyl sites for hydroxylation is 2. The molecule has 0 heterocycles. The van der Waals surface area contributed by atoms with E-state index in [-0.39, 0.29) is 5.41 Å². The van der Waals surface area contributed by atoms with Crippen LogP contribution in [0, 0.1) is 13.8 Å². The molecule has 0 saturated heterocycles. The van der Waals surface area contributed by atoms with Gasteiger partial charge >= 0.3 is 0 Å². The Morgan fingerprint density at radius 1 is 0.667 bits per heavy atom. The van der Waals surface area contributed by atoms with Gasteiger partial charge in [-0.15, -0.1) is 0 Å². The second kappa shape index (κ2) is 6.88. The van der Waals surface area contributed by atoms with E-state index in [1.807, 2.05) is 26.0 Å². The average Bonchev–Trinajstić information content (AvgIpc) is 2.53. The maximum Gasteiger partial charge on any atom is 0.118 e. The minimum Gasteiger partial charge on any atom is -0.508 e. The van der Waals surface area contributed by atoms with E-state index in [0.29, 0.717) is 11.5 Å². The third-order valence-corrected chi connectivity index (χ3v) is 5.71. The van der Waals surface area contributed by atoms with Crippen LogP contribution in [0.1, 0.15) is 67.2 Å². The summed E-state index contributed by atoms with van der Waals surface area (Å²) in [5, 5.41) is 19.9. The first kappa shape index (κ1) is 16.9. The molecule has 2 nitrogen and oxygen atoms in total. The van der Waals surface area contributed by atoms with Gasteiger partial charge in [0, 0.05) is 5.41 Å². The lowest BCUT2D eigenvalue weighted by atomic mass is 9.66. The molecule has 0 radical (unpaired) electrons. The molecule has 0 spiro atoms. The van der Waals surface area contributed by atoms with E-state index < -0.39 is 0 Å². The molecule has 0 amide bonds. The fraction of sp³-hybridized carbons (Fsp3) is 0.455. The molecule has 1 fully saturated rings. The van der Waals surface area contributed by atoms with Crippen LogP contribution in [-0.2, 0) is 5.41 Å². The van der Waals surface area contributed by atoms with Crippen LogP contribution >= 0.6 is 0 Å².